The van der Waals surface area contributed by atoms with Gasteiger partial charge in [0.15, 0.2) is 15.8 Å². The van der Waals surface area contributed by atoms with Crippen molar-refractivity contribution in [1.82, 2.24) is 10.2 Å². The second-order valence-corrected chi connectivity index (χ2v) is 9.60. The normalized spacial score (nSPS) is 20.5. The molecule has 0 aromatic heterocycles. The summed E-state index contributed by atoms with van der Waals surface area (Å²) in [4.78, 5) is 6.17. The molecule has 0 radical (unpaired) electrons. The van der Waals surface area contributed by atoms with Gasteiger partial charge in [-0.25, -0.2) is 8.42 Å². The number of aliphatic hydroxyl groups is 1. The predicted octanol–water partition coefficient (Wildman–Crippen LogP) is 1.73. The molecule has 142 valence electrons. The Morgan fingerprint density at radius 3 is 2.68 bits per heavy atom. The van der Waals surface area contributed by atoms with E-state index in [1.165, 1.54) is 0 Å². The lowest BCUT2D eigenvalue weighted by Gasteiger charge is -2.39. The van der Waals surface area contributed by atoms with Crippen molar-refractivity contribution < 1.29 is 13.5 Å². The fraction of sp³-hybridized carbons (Fsp3) is 0.588. The number of nitrogens with one attached hydrogen (secondary N) is 1. The Balaban J connectivity index is 0.00000312. The summed E-state index contributed by atoms with van der Waals surface area (Å²) in [6.07, 6.45) is -0.650. The van der Waals surface area contributed by atoms with Crippen molar-refractivity contribution in [2.75, 3.05) is 32.4 Å². The number of aliphatic imine (C=N–C) groups is 1. The van der Waals surface area contributed by atoms with Gasteiger partial charge in [0, 0.05) is 26.7 Å². The van der Waals surface area contributed by atoms with Crippen molar-refractivity contribution in [2.24, 2.45) is 4.99 Å². The third-order valence-electron chi connectivity index (χ3n) is 4.44. The van der Waals surface area contributed by atoms with E-state index < -0.39 is 20.7 Å². The molecule has 2 rings (SSSR count). The van der Waals surface area contributed by atoms with E-state index in [0.717, 1.165) is 11.1 Å². The number of nitrogens with zero attached hydrogens (tertiary/aromatic N) is 2. The fourth-order valence-corrected chi connectivity index (χ4v) is 4.21. The first-order chi connectivity index (χ1) is 11.2. The van der Waals surface area contributed by atoms with Crippen LogP contribution in [0.15, 0.2) is 29.3 Å². The molecule has 1 fully saturated rings. The number of rotatable bonds is 3. The maximum Gasteiger partial charge on any atom is 0.193 e. The van der Waals surface area contributed by atoms with E-state index in [9.17, 15) is 13.5 Å². The highest BCUT2D eigenvalue weighted by atomic mass is 127. The average Bonchev–Trinajstić information content (AvgIpc) is 2.51. The molecule has 0 spiro atoms. The molecule has 0 aliphatic carbocycles. The lowest BCUT2D eigenvalue weighted by Crippen LogP contribution is -2.57. The van der Waals surface area contributed by atoms with Crippen LogP contribution in [0.1, 0.15) is 31.1 Å². The summed E-state index contributed by atoms with van der Waals surface area (Å²) >= 11 is 0. The van der Waals surface area contributed by atoms with Gasteiger partial charge in [-0.05, 0) is 26.3 Å². The number of hydrogen-bond donors (Lipinski definition) is 2. The molecule has 6 nitrogen and oxygen atoms in total. The molecule has 2 N–H and O–H groups in total. The second-order valence-electron chi connectivity index (χ2n) is 6.86. The zero-order valence-corrected chi connectivity index (χ0v) is 18.3. The fourth-order valence-electron chi connectivity index (χ4n) is 2.84. The zero-order valence-electron chi connectivity index (χ0n) is 15.2. The molecule has 1 unspecified atom stereocenters. The third kappa shape index (κ3) is 5.30. The van der Waals surface area contributed by atoms with Crippen molar-refractivity contribution in [3.63, 3.8) is 0 Å². The zero-order chi connectivity index (χ0) is 18.0. The van der Waals surface area contributed by atoms with E-state index in [4.69, 9.17) is 0 Å². The van der Waals surface area contributed by atoms with Crippen molar-refractivity contribution >= 4 is 39.8 Å². The Morgan fingerprint density at radius 1 is 1.44 bits per heavy atom. The van der Waals surface area contributed by atoms with Gasteiger partial charge in [0.1, 0.15) is 0 Å². The highest BCUT2D eigenvalue weighted by Crippen LogP contribution is 2.23. The number of guanidine groups is 1. The first-order valence-corrected chi connectivity index (χ1v) is 9.74. The van der Waals surface area contributed by atoms with E-state index >= 15 is 0 Å². The van der Waals surface area contributed by atoms with E-state index in [1.54, 1.807) is 20.9 Å². The van der Waals surface area contributed by atoms with Gasteiger partial charge in [-0.3, -0.25) is 4.99 Å². The molecule has 0 amide bonds. The quantitative estimate of drug-likeness (QED) is 0.391. The van der Waals surface area contributed by atoms with Crippen molar-refractivity contribution in [3.8, 4) is 0 Å². The molecule has 1 aliphatic heterocycles. The molecule has 0 saturated carbocycles. The molecule has 1 aromatic rings. The molecule has 1 saturated heterocycles. The molecule has 1 atom stereocenters. The first-order valence-electron chi connectivity index (χ1n) is 8.09. The van der Waals surface area contributed by atoms with Crippen LogP contribution in [0.25, 0.3) is 0 Å². The largest absolute Gasteiger partial charge is 0.387 e. The summed E-state index contributed by atoms with van der Waals surface area (Å²) in [7, 11) is -1.42. The van der Waals surface area contributed by atoms with Crippen LogP contribution >= 0.6 is 24.0 Å². The Morgan fingerprint density at radius 2 is 2.12 bits per heavy atom. The Labute approximate surface area is 167 Å². The van der Waals surface area contributed by atoms with Crippen molar-refractivity contribution in [2.45, 2.75) is 31.6 Å². The van der Waals surface area contributed by atoms with Gasteiger partial charge in [0.05, 0.1) is 16.6 Å². The molecular formula is C17H28IN3O3S. The highest BCUT2D eigenvalue weighted by molar-refractivity contribution is 14.0. The predicted molar refractivity (Wildman–Crippen MR) is 112 cm³/mol. The van der Waals surface area contributed by atoms with Gasteiger partial charge in [0.2, 0.25) is 0 Å². The standard InChI is InChI=1S/C17H27N3O3S.HI/c1-13-6-5-7-14(10-13)15(21)11-19-16(18-4)20-8-9-24(22,23)17(2,3)12-20;/h5-7,10,15,21H,8-9,11-12H2,1-4H3,(H,18,19);1H. The minimum atomic E-state index is -3.09. The monoisotopic (exact) mass is 481 g/mol. The lowest BCUT2D eigenvalue weighted by molar-refractivity contribution is 0.179. The molecule has 0 bridgehead atoms. The SMILES string of the molecule is CN=C(NCC(O)c1cccc(C)c1)N1CCS(=O)(=O)C(C)(C)C1.I. The van der Waals surface area contributed by atoms with E-state index in [-0.39, 0.29) is 29.7 Å². The van der Waals surface area contributed by atoms with Crippen LogP contribution in [-0.4, -0.2) is 61.6 Å². The van der Waals surface area contributed by atoms with Gasteiger partial charge >= 0.3 is 0 Å². The van der Waals surface area contributed by atoms with E-state index in [0.29, 0.717) is 25.6 Å². The smallest absolute Gasteiger partial charge is 0.193 e. The van der Waals surface area contributed by atoms with Gasteiger partial charge < -0.3 is 15.3 Å². The van der Waals surface area contributed by atoms with Crippen molar-refractivity contribution in [1.29, 1.82) is 0 Å². The highest BCUT2D eigenvalue weighted by Gasteiger charge is 2.40. The third-order valence-corrected chi connectivity index (χ3v) is 6.97. The summed E-state index contributed by atoms with van der Waals surface area (Å²) in [5.41, 5.74) is 1.94. The number of hydrogen-bond acceptors (Lipinski definition) is 4. The molecule has 8 heteroatoms. The van der Waals surface area contributed by atoms with E-state index in [1.807, 2.05) is 36.1 Å². The van der Waals surface area contributed by atoms with Crippen LogP contribution in [0.3, 0.4) is 0 Å². The Hall–Kier alpha value is -0.870. The van der Waals surface area contributed by atoms with Crippen LogP contribution in [0.4, 0.5) is 0 Å². The maximum absolute atomic E-state index is 12.1. The van der Waals surface area contributed by atoms with Crippen LogP contribution < -0.4 is 5.32 Å². The molecule has 25 heavy (non-hydrogen) atoms. The van der Waals surface area contributed by atoms with E-state index in [2.05, 4.69) is 10.3 Å². The summed E-state index contributed by atoms with van der Waals surface area (Å²) in [5, 5.41) is 13.5. The number of aliphatic hydroxyl groups excluding tert-OH is 1. The van der Waals surface area contributed by atoms with Crippen LogP contribution in [-0.2, 0) is 9.84 Å². The Kier molecular flexibility index (Phi) is 7.70. The number of benzene rings is 1. The molecule has 1 aromatic carbocycles. The maximum atomic E-state index is 12.1. The topological polar surface area (TPSA) is 82.0 Å². The minimum absolute atomic E-state index is 0. The van der Waals surface area contributed by atoms with Crippen LogP contribution in [0.2, 0.25) is 0 Å². The van der Waals surface area contributed by atoms with Gasteiger partial charge in [0.25, 0.3) is 0 Å². The summed E-state index contributed by atoms with van der Waals surface area (Å²) in [5.74, 6) is 0.728. The van der Waals surface area contributed by atoms with Crippen LogP contribution in [0.5, 0.6) is 0 Å². The average molecular weight is 481 g/mol. The van der Waals surface area contributed by atoms with Gasteiger partial charge in [-0.15, -0.1) is 24.0 Å². The summed E-state index contributed by atoms with van der Waals surface area (Å²) in [6.45, 7) is 6.58. The number of halogens is 1. The number of sulfone groups is 1. The van der Waals surface area contributed by atoms with Crippen LogP contribution in [0, 0.1) is 6.92 Å². The second kappa shape index (κ2) is 8.68. The first kappa shape index (κ1) is 22.2. The van der Waals surface area contributed by atoms with Crippen molar-refractivity contribution in [3.05, 3.63) is 35.4 Å². The molecule has 1 aliphatic rings. The molecular weight excluding hydrogens is 453 g/mol. The van der Waals surface area contributed by atoms with Gasteiger partial charge in [-0.2, -0.15) is 0 Å². The lowest BCUT2D eigenvalue weighted by atomic mass is 10.1. The summed E-state index contributed by atoms with van der Waals surface area (Å²) < 4.78 is 23.4. The summed E-state index contributed by atoms with van der Waals surface area (Å²) in [6, 6.07) is 7.74. The minimum Gasteiger partial charge on any atom is -0.387 e. The molecule has 1 heterocycles. The van der Waals surface area contributed by atoms with Gasteiger partial charge in [-0.1, -0.05) is 29.8 Å². The number of aryl methyl sites for hydroxylation is 1. The Bertz CT molecular complexity index is 720.